The average Bonchev–Trinajstić information content (AvgIpc) is 2.78. The smallest absolute Gasteiger partial charge is 0.388 e. The highest BCUT2D eigenvalue weighted by Crippen LogP contribution is 2.13. The van der Waals surface area contributed by atoms with Crippen molar-refractivity contribution in [1.29, 1.82) is 0 Å². The molecule has 29 heavy (non-hydrogen) atoms. The van der Waals surface area contributed by atoms with Crippen molar-refractivity contribution in [1.82, 2.24) is 0 Å². The maximum Gasteiger partial charge on any atom is 0.407 e. The van der Waals surface area contributed by atoms with Gasteiger partial charge >= 0.3 is 8.56 Å². The third-order valence-electron chi connectivity index (χ3n) is 5.23. The number of hydrogen-bond donors (Lipinski definition) is 0. The largest absolute Gasteiger partial charge is 0.407 e. The second-order valence-electron chi connectivity index (χ2n) is 7.55. The molecule has 0 spiro atoms. The lowest BCUT2D eigenvalue weighted by Crippen LogP contribution is -2.63. The van der Waals surface area contributed by atoms with Crippen molar-refractivity contribution < 1.29 is 8.85 Å². The molecule has 2 aromatic carbocycles. The molecular weight excluding hydrogens is 372 g/mol. The minimum atomic E-state index is -2.72. The Labute approximate surface area is 179 Å². The van der Waals surface area contributed by atoms with Crippen LogP contribution >= 0.6 is 0 Å². The van der Waals surface area contributed by atoms with Gasteiger partial charge in [-0.3, -0.25) is 0 Å². The van der Waals surface area contributed by atoms with Crippen LogP contribution in [-0.2, 0) is 8.85 Å². The Morgan fingerprint density at radius 2 is 1.21 bits per heavy atom. The summed E-state index contributed by atoms with van der Waals surface area (Å²) < 4.78 is 13.2. The first kappa shape index (κ1) is 23.6. The first-order chi connectivity index (χ1) is 14.3. The lowest BCUT2D eigenvalue weighted by atomic mass is 10.1. The molecule has 0 aromatic heterocycles. The van der Waals surface area contributed by atoms with Gasteiger partial charge in [0, 0.05) is 6.61 Å². The fourth-order valence-electron chi connectivity index (χ4n) is 3.57. The zero-order chi connectivity index (χ0) is 20.6. The molecule has 0 saturated heterocycles. The Morgan fingerprint density at radius 1 is 0.690 bits per heavy atom. The summed E-state index contributed by atoms with van der Waals surface area (Å²) in [6.07, 6.45) is 14.5. The zero-order valence-corrected chi connectivity index (χ0v) is 19.3. The Kier molecular flexibility index (Phi) is 11.7. The predicted molar refractivity (Wildman–Crippen MR) is 127 cm³/mol. The van der Waals surface area contributed by atoms with Gasteiger partial charge in [-0.1, -0.05) is 125 Å². The van der Waals surface area contributed by atoms with E-state index in [0.29, 0.717) is 6.61 Å². The minimum absolute atomic E-state index is 0.573. The Hall–Kier alpha value is -1.68. The first-order valence-corrected chi connectivity index (χ1v) is 13.1. The summed E-state index contributed by atoms with van der Waals surface area (Å²) in [5.41, 5.74) is 0. The van der Waals surface area contributed by atoms with Crippen LogP contribution in [0.1, 0.15) is 65.2 Å². The van der Waals surface area contributed by atoms with Crippen LogP contribution in [0.4, 0.5) is 0 Å². The Balaban J connectivity index is 2.04. The molecule has 0 heterocycles. The summed E-state index contributed by atoms with van der Waals surface area (Å²) in [6.45, 7) is 5.62. The van der Waals surface area contributed by atoms with E-state index in [0.717, 1.165) is 13.0 Å². The molecule has 0 aliphatic carbocycles. The van der Waals surface area contributed by atoms with Crippen molar-refractivity contribution in [3.63, 3.8) is 0 Å². The van der Waals surface area contributed by atoms with Crippen molar-refractivity contribution in [2.45, 2.75) is 65.2 Å². The van der Waals surface area contributed by atoms with Gasteiger partial charge < -0.3 is 8.85 Å². The van der Waals surface area contributed by atoms with E-state index in [1.54, 1.807) is 0 Å². The van der Waals surface area contributed by atoms with Crippen molar-refractivity contribution in [2.75, 3.05) is 13.2 Å². The van der Waals surface area contributed by atoms with Crippen LogP contribution in [0.2, 0.25) is 0 Å². The molecule has 0 unspecified atom stereocenters. The third-order valence-corrected chi connectivity index (χ3v) is 8.60. The van der Waals surface area contributed by atoms with Crippen LogP contribution < -0.4 is 10.4 Å². The molecule has 0 atom stereocenters. The second kappa shape index (κ2) is 14.3. The normalized spacial score (nSPS) is 11.9. The standard InChI is InChI=1S/C26H38O2Si/c1-3-5-7-8-9-10-11-18-24-28-29(27-23-6-4-2,25-19-14-12-15-20-25)26-21-16-13-17-22-26/h4,6,12-17,19-22H,3,5,7-11,18,23-24H2,1-2H3/b6-4+. The third kappa shape index (κ3) is 7.92. The van der Waals surface area contributed by atoms with Crippen LogP contribution in [-0.4, -0.2) is 21.8 Å². The van der Waals surface area contributed by atoms with E-state index >= 15 is 0 Å². The average molecular weight is 411 g/mol. The number of rotatable bonds is 15. The van der Waals surface area contributed by atoms with E-state index in [4.69, 9.17) is 8.85 Å². The zero-order valence-electron chi connectivity index (χ0n) is 18.3. The van der Waals surface area contributed by atoms with Gasteiger partial charge in [0.15, 0.2) is 0 Å². The maximum absolute atomic E-state index is 6.68. The van der Waals surface area contributed by atoms with Gasteiger partial charge in [-0.05, 0) is 23.7 Å². The highest BCUT2D eigenvalue weighted by Gasteiger charge is 2.42. The summed E-state index contributed by atoms with van der Waals surface area (Å²) >= 11 is 0. The lowest BCUT2D eigenvalue weighted by Gasteiger charge is -2.31. The molecule has 0 radical (unpaired) electrons. The number of hydrogen-bond acceptors (Lipinski definition) is 2. The second-order valence-corrected chi connectivity index (χ2v) is 10.5. The fraction of sp³-hybridized carbons (Fsp3) is 0.462. The van der Waals surface area contributed by atoms with Gasteiger partial charge in [0.2, 0.25) is 0 Å². The van der Waals surface area contributed by atoms with Crippen LogP contribution in [0.5, 0.6) is 0 Å². The summed E-state index contributed by atoms with van der Waals surface area (Å²) in [5, 5.41) is 2.35. The van der Waals surface area contributed by atoms with Gasteiger partial charge in [0.25, 0.3) is 0 Å². The first-order valence-electron chi connectivity index (χ1n) is 11.3. The van der Waals surface area contributed by atoms with Crippen molar-refractivity contribution >= 4 is 18.9 Å². The molecule has 0 saturated carbocycles. The maximum atomic E-state index is 6.68. The van der Waals surface area contributed by atoms with Gasteiger partial charge in [-0.2, -0.15) is 0 Å². The van der Waals surface area contributed by atoms with Crippen molar-refractivity contribution in [3.8, 4) is 0 Å². The molecule has 0 aliphatic heterocycles. The minimum Gasteiger partial charge on any atom is -0.388 e. The molecule has 0 bridgehead atoms. The molecule has 2 rings (SSSR count). The monoisotopic (exact) mass is 410 g/mol. The van der Waals surface area contributed by atoms with E-state index in [1.165, 1.54) is 55.3 Å². The number of unbranched alkanes of at least 4 members (excludes halogenated alkanes) is 7. The van der Waals surface area contributed by atoms with E-state index in [2.05, 4.69) is 73.7 Å². The SMILES string of the molecule is C/C=C/CO[Si](OCCCCCCCCCC)(c1ccccc1)c1ccccc1. The van der Waals surface area contributed by atoms with Crippen LogP contribution in [0.15, 0.2) is 72.8 Å². The van der Waals surface area contributed by atoms with Crippen LogP contribution in [0.25, 0.3) is 0 Å². The molecule has 0 aliphatic rings. The molecule has 0 amide bonds. The van der Waals surface area contributed by atoms with Crippen molar-refractivity contribution in [3.05, 3.63) is 72.8 Å². The topological polar surface area (TPSA) is 18.5 Å². The van der Waals surface area contributed by atoms with Gasteiger partial charge in [0.1, 0.15) is 0 Å². The predicted octanol–water partition coefficient (Wildman–Crippen LogP) is 5.99. The summed E-state index contributed by atoms with van der Waals surface area (Å²) in [4.78, 5) is 0. The van der Waals surface area contributed by atoms with E-state index in [1.807, 2.05) is 13.0 Å². The summed E-state index contributed by atoms with van der Waals surface area (Å²) in [5.74, 6) is 0. The Morgan fingerprint density at radius 3 is 1.72 bits per heavy atom. The molecular formula is C26H38O2Si. The fourth-order valence-corrected chi connectivity index (χ4v) is 6.68. The van der Waals surface area contributed by atoms with E-state index in [9.17, 15) is 0 Å². The molecule has 158 valence electrons. The molecule has 2 nitrogen and oxygen atoms in total. The highest BCUT2D eigenvalue weighted by atomic mass is 28.4. The Bertz CT molecular complexity index is 630. The van der Waals surface area contributed by atoms with E-state index in [-0.39, 0.29) is 0 Å². The van der Waals surface area contributed by atoms with E-state index < -0.39 is 8.56 Å². The quantitative estimate of drug-likeness (QED) is 0.204. The van der Waals surface area contributed by atoms with Gasteiger partial charge in [0.05, 0.1) is 6.61 Å². The summed E-state index contributed by atoms with van der Waals surface area (Å²) in [6, 6.07) is 21.1. The molecule has 0 N–H and O–H groups in total. The van der Waals surface area contributed by atoms with Gasteiger partial charge in [-0.25, -0.2) is 0 Å². The molecule has 0 fully saturated rings. The molecule has 3 heteroatoms. The van der Waals surface area contributed by atoms with Crippen LogP contribution in [0, 0.1) is 0 Å². The number of benzene rings is 2. The van der Waals surface area contributed by atoms with Crippen molar-refractivity contribution in [2.24, 2.45) is 0 Å². The lowest BCUT2D eigenvalue weighted by molar-refractivity contribution is 0.203. The summed E-state index contributed by atoms with van der Waals surface area (Å²) in [7, 11) is -2.72. The number of allylic oxidation sites excluding steroid dienone is 1. The van der Waals surface area contributed by atoms with Gasteiger partial charge in [-0.15, -0.1) is 0 Å². The molecule has 2 aromatic rings. The highest BCUT2D eigenvalue weighted by molar-refractivity contribution is 6.92. The van der Waals surface area contributed by atoms with Crippen LogP contribution in [0.3, 0.4) is 0 Å².